The molecule has 2 rings (SSSR count). The van der Waals surface area contributed by atoms with Crippen LogP contribution in [-0.2, 0) is 0 Å². The molecule has 19 heavy (non-hydrogen) atoms. The van der Waals surface area contributed by atoms with Gasteiger partial charge in [0.15, 0.2) is 0 Å². The zero-order valence-corrected chi connectivity index (χ0v) is 11.3. The third-order valence-electron chi connectivity index (χ3n) is 3.38. The minimum Gasteiger partial charge on any atom is -0.341 e. The first-order valence-corrected chi connectivity index (χ1v) is 6.55. The third kappa shape index (κ3) is 3.23. The summed E-state index contributed by atoms with van der Waals surface area (Å²) in [5.41, 5.74) is 0.457. The molecule has 0 aliphatic heterocycles. The quantitative estimate of drug-likeness (QED) is 0.484. The van der Waals surface area contributed by atoms with Crippen molar-refractivity contribution >= 4 is 23.2 Å². The summed E-state index contributed by atoms with van der Waals surface area (Å²) in [4.78, 5) is 23.8. The molecule has 0 saturated heterocycles. The van der Waals surface area contributed by atoms with E-state index in [0.29, 0.717) is 18.0 Å². The van der Waals surface area contributed by atoms with E-state index in [1.54, 1.807) is 11.9 Å². The number of benzene rings is 1. The van der Waals surface area contributed by atoms with Crippen LogP contribution in [0.15, 0.2) is 24.3 Å². The lowest BCUT2D eigenvalue weighted by molar-refractivity contribution is -0.384. The average molecular weight is 283 g/mol. The molecule has 0 atom stereocenters. The number of carbonyl (C=O) groups excluding carboxylic acids is 1. The minimum absolute atomic E-state index is 0.0109. The summed E-state index contributed by atoms with van der Waals surface area (Å²) in [6.07, 6.45) is 1.89. The lowest BCUT2D eigenvalue weighted by Gasteiger charge is -2.34. The number of nitro benzene ring substituents is 1. The molecular formula is C13H15ClN2O3. The molecule has 0 heterocycles. The van der Waals surface area contributed by atoms with Gasteiger partial charge in [-0.05, 0) is 30.9 Å². The molecule has 1 aromatic carbocycles. The topological polar surface area (TPSA) is 63.5 Å². The van der Waals surface area contributed by atoms with Crippen LogP contribution < -0.4 is 0 Å². The SMILES string of the molecule is CN(CC1CC(Cl)C1)C(=O)c1ccc([N+](=O)[O-])cc1. The highest BCUT2D eigenvalue weighted by Crippen LogP contribution is 2.32. The number of hydrogen-bond acceptors (Lipinski definition) is 3. The van der Waals surface area contributed by atoms with Crippen molar-refractivity contribution in [3.8, 4) is 0 Å². The highest BCUT2D eigenvalue weighted by Gasteiger charge is 2.29. The Bertz CT molecular complexity index is 483. The molecule has 0 N–H and O–H groups in total. The van der Waals surface area contributed by atoms with Crippen LogP contribution in [0.4, 0.5) is 5.69 Å². The highest BCUT2D eigenvalue weighted by molar-refractivity contribution is 6.21. The summed E-state index contributed by atoms with van der Waals surface area (Å²) < 4.78 is 0. The Morgan fingerprint density at radius 2 is 2.00 bits per heavy atom. The zero-order chi connectivity index (χ0) is 14.0. The van der Waals surface area contributed by atoms with E-state index in [0.717, 1.165) is 12.8 Å². The van der Waals surface area contributed by atoms with Gasteiger partial charge in [-0.2, -0.15) is 0 Å². The van der Waals surface area contributed by atoms with Gasteiger partial charge in [0, 0.05) is 36.7 Å². The Morgan fingerprint density at radius 3 is 2.47 bits per heavy atom. The number of amides is 1. The second-order valence-corrected chi connectivity index (χ2v) is 5.54. The second-order valence-electron chi connectivity index (χ2n) is 4.92. The molecule has 5 nitrogen and oxygen atoms in total. The molecule has 1 aliphatic rings. The molecule has 0 aromatic heterocycles. The minimum atomic E-state index is -0.479. The number of carbonyl (C=O) groups is 1. The summed E-state index contributed by atoms with van der Waals surface area (Å²) in [7, 11) is 1.74. The number of halogens is 1. The Labute approximate surface area is 116 Å². The maximum absolute atomic E-state index is 12.1. The molecule has 1 aromatic rings. The van der Waals surface area contributed by atoms with Crippen molar-refractivity contribution in [1.29, 1.82) is 0 Å². The van der Waals surface area contributed by atoms with E-state index in [-0.39, 0.29) is 17.0 Å². The van der Waals surface area contributed by atoms with Gasteiger partial charge in [0.05, 0.1) is 4.92 Å². The lowest BCUT2D eigenvalue weighted by Crippen LogP contribution is -2.37. The first-order valence-electron chi connectivity index (χ1n) is 6.11. The van der Waals surface area contributed by atoms with Crippen LogP contribution in [0.25, 0.3) is 0 Å². The summed E-state index contributed by atoms with van der Waals surface area (Å²) >= 11 is 5.90. The molecule has 0 bridgehead atoms. The van der Waals surface area contributed by atoms with Gasteiger partial charge in [0.1, 0.15) is 0 Å². The van der Waals surface area contributed by atoms with E-state index in [1.165, 1.54) is 24.3 Å². The summed E-state index contributed by atoms with van der Waals surface area (Å²) in [5.74, 6) is 0.349. The summed E-state index contributed by atoms with van der Waals surface area (Å²) in [6, 6.07) is 5.67. The molecule has 1 saturated carbocycles. The Morgan fingerprint density at radius 1 is 1.42 bits per heavy atom. The highest BCUT2D eigenvalue weighted by atomic mass is 35.5. The number of hydrogen-bond donors (Lipinski definition) is 0. The predicted molar refractivity (Wildman–Crippen MR) is 72.4 cm³/mol. The first kappa shape index (κ1) is 13.8. The zero-order valence-electron chi connectivity index (χ0n) is 10.6. The van der Waals surface area contributed by atoms with Gasteiger partial charge in [-0.25, -0.2) is 0 Å². The molecule has 6 heteroatoms. The van der Waals surface area contributed by atoms with Crippen molar-refractivity contribution in [1.82, 2.24) is 4.90 Å². The van der Waals surface area contributed by atoms with Crippen molar-refractivity contribution in [2.45, 2.75) is 18.2 Å². The van der Waals surface area contributed by atoms with Crippen LogP contribution in [-0.4, -0.2) is 34.7 Å². The van der Waals surface area contributed by atoms with Crippen LogP contribution in [0, 0.1) is 16.0 Å². The predicted octanol–water partition coefficient (Wildman–Crippen LogP) is 2.68. The molecule has 0 unspecified atom stereocenters. The van der Waals surface area contributed by atoms with Crippen molar-refractivity contribution in [2.24, 2.45) is 5.92 Å². The number of alkyl halides is 1. The van der Waals surface area contributed by atoms with Crippen LogP contribution in [0.5, 0.6) is 0 Å². The number of rotatable bonds is 4. The lowest BCUT2D eigenvalue weighted by atomic mass is 9.84. The fourth-order valence-corrected chi connectivity index (χ4v) is 2.72. The van der Waals surface area contributed by atoms with E-state index < -0.39 is 4.92 Å². The van der Waals surface area contributed by atoms with Crippen molar-refractivity contribution in [3.05, 3.63) is 39.9 Å². The number of non-ortho nitro benzene ring substituents is 1. The number of nitro groups is 1. The van der Waals surface area contributed by atoms with E-state index in [4.69, 9.17) is 11.6 Å². The van der Waals surface area contributed by atoms with E-state index in [1.807, 2.05) is 0 Å². The van der Waals surface area contributed by atoms with Gasteiger partial charge in [0.25, 0.3) is 11.6 Å². The van der Waals surface area contributed by atoms with Gasteiger partial charge in [-0.3, -0.25) is 14.9 Å². The fourth-order valence-electron chi connectivity index (χ4n) is 2.22. The molecule has 1 aliphatic carbocycles. The normalized spacial score (nSPS) is 21.6. The fraction of sp³-hybridized carbons (Fsp3) is 0.462. The van der Waals surface area contributed by atoms with Gasteiger partial charge in [-0.1, -0.05) is 0 Å². The maximum atomic E-state index is 12.1. The Kier molecular flexibility index (Phi) is 4.04. The Balaban J connectivity index is 1.96. The van der Waals surface area contributed by atoms with Gasteiger partial charge < -0.3 is 4.90 Å². The maximum Gasteiger partial charge on any atom is 0.269 e. The van der Waals surface area contributed by atoms with Gasteiger partial charge in [0.2, 0.25) is 0 Å². The van der Waals surface area contributed by atoms with E-state index in [2.05, 4.69) is 0 Å². The van der Waals surface area contributed by atoms with Crippen LogP contribution >= 0.6 is 11.6 Å². The average Bonchev–Trinajstić information content (AvgIpc) is 2.36. The van der Waals surface area contributed by atoms with E-state index in [9.17, 15) is 14.9 Å². The Hall–Kier alpha value is -1.62. The molecule has 102 valence electrons. The summed E-state index contributed by atoms with van der Waals surface area (Å²) in [5, 5.41) is 10.8. The van der Waals surface area contributed by atoms with Crippen LogP contribution in [0.3, 0.4) is 0 Å². The monoisotopic (exact) mass is 282 g/mol. The smallest absolute Gasteiger partial charge is 0.269 e. The molecular weight excluding hydrogens is 268 g/mol. The van der Waals surface area contributed by atoms with Crippen molar-refractivity contribution in [2.75, 3.05) is 13.6 Å². The molecule has 1 fully saturated rings. The third-order valence-corrected chi connectivity index (χ3v) is 3.74. The molecule has 1 amide bonds. The largest absolute Gasteiger partial charge is 0.341 e. The summed E-state index contributed by atoms with van der Waals surface area (Å²) in [6.45, 7) is 0.680. The molecule has 0 spiro atoms. The van der Waals surface area contributed by atoms with Gasteiger partial charge in [-0.15, -0.1) is 11.6 Å². The van der Waals surface area contributed by atoms with Crippen LogP contribution in [0.2, 0.25) is 0 Å². The second kappa shape index (κ2) is 5.57. The van der Waals surface area contributed by atoms with Gasteiger partial charge >= 0.3 is 0 Å². The van der Waals surface area contributed by atoms with Crippen LogP contribution in [0.1, 0.15) is 23.2 Å². The standard InChI is InChI=1S/C13H15ClN2O3/c1-15(8-9-6-11(14)7-9)13(17)10-2-4-12(5-3-10)16(18)19/h2-5,9,11H,6-8H2,1H3. The first-order chi connectivity index (χ1) is 8.97. The van der Waals surface area contributed by atoms with E-state index >= 15 is 0 Å². The molecule has 0 radical (unpaired) electrons. The number of nitrogens with zero attached hydrogens (tertiary/aromatic N) is 2. The van der Waals surface area contributed by atoms with Crippen molar-refractivity contribution < 1.29 is 9.72 Å². The van der Waals surface area contributed by atoms with Crippen molar-refractivity contribution in [3.63, 3.8) is 0 Å².